The van der Waals surface area contributed by atoms with Gasteiger partial charge in [0.15, 0.2) is 0 Å². The van der Waals surface area contributed by atoms with Crippen LogP contribution in [-0.2, 0) is 13.0 Å². The maximum absolute atomic E-state index is 13.4. The summed E-state index contributed by atoms with van der Waals surface area (Å²) in [5, 5.41) is 12.9. The number of aromatic hydroxyl groups is 1. The second kappa shape index (κ2) is 9.94. The fourth-order valence-electron chi connectivity index (χ4n) is 4.55. The Hall–Kier alpha value is -3.98. The molecule has 2 N–H and O–H groups in total. The molecule has 1 saturated heterocycles. The summed E-state index contributed by atoms with van der Waals surface area (Å²) in [6.45, 7) is 3.99. The first-order valence-electron chi connectivity index (χ1n) is 11.7. The van der Waals surface area contributed by atoms with Crippen molar-refractivity contribution >= 4 is 17.5 Å². The SMILES string of the molecule is O=C(Nc1ccc(C(=O)N2CCN(Cc3ccc4c(c3)CCO4)CC2)c(O)c1)c1cc(F)cc(F)c1. The lowest BCUT2D eigenvalue weighted by atomic mass is 10.1. The lowest BCUT2D eigenvalue weighted by Crippen LogP contribution is -2.48. The number of phenols is 1. The Morgan fingerprint density at radius 1 is 0.944 bits per heavy atom. The van der Waals surface area contributed by atoms with Crippen LogP contribution in [-0.4, -0.2) is 59.5 Å². The molecule has 3 aromatic rings. The molecule has 7 nitrogen and oxygen atoms in total. The molecule has 2 amide bonds. The molecule has 0 saturated carbocycles. The van der Waals surface area contributed by atoms with Gasteiger partial charge < -0.3 is 20.1 Å². The summed E-state index contributed by atoms with van der Waals surface area (Å²) in [7, 11) is 0. The summed E-state index contributed by atoms with van der Waals surface area (Å²) in [5.41, 5.74) is 2.58. The van der Waals surface area contributed by atoms with Crippen LogP contribution in [0.1, 0.15) is 31.8 Å². The Bertz CT molecular complexity index is 1300. The van der Waals surface area contributed by atoms with Crippen molar-refractivity contribution in [2.75, 3.05) is 38.1 Å². The number of carbonyl (C=O) groups excluding carboxylic acids is 2. The molecular weight excluding hydrogens is 468 g/mol. The monoisotopic (exact) mass is 493 g/mol. The van der Waals surface area contributed by atoms with E-state index >= 15 is 0 Å². The second-order valence-electron chi connectivity index (χ2n) is 8.95. The van der Waals surface area contributed by atoms with E-state index in [1.165, 1.54) is 29.3 Å². The standard InChI is InChI=1S/C27H25F2N3O4/c28-20-12-19(13-21(29)14-20)26(34)30-22-2-3-23(24(33)15-22)27(35)32-8-6-31(7-9-32)16-17-1-4-25-18(11-17)5-10-36-25/h1-4,11-15,33H,5-10,16H2,(H,30,34). The van der Waals surface area contributed by atoms with Gasteiger partial charge in [-0.05, 0) is 41.5 Å². The predicted octanol–water partition coefficient (Wildman–Crippen LogP) is 3.82. The molecule has 0 aliphatic carbocycles. The van der Waals surface area contributed by atoms with Gasteiger partial charge >= 0.3 is 0 Å². The van der Waals surface area contributed by atoms with Crippen molar-refractivity contribution in [3.63, 3.8) is 0 Å². The molecule has 186 valence electrons. The van der Waals surface area contributed by atoms with Gasteiger partial charge in [-0.2, -0.15) is 0 Å². The number of rotatable bonds is 5. The Morgan fingerprint density at radius 3 is 2.42 bits per heavy atom. The van der Waals surface area contributed by atoms with Gasteiger partial charge in [-0.15, -0.1) is 0 Å². The molecule has 2 aliphatic heterocycles. The molecule has 2 heterocycles. The molecule has 0 radical (unpaired) electrons. The molecule has 0 aromatic heterocycles. The summed E-state index contributed by atoms with van der Waals surface area (Å²) in [5.74, 6) is -2.10. The molecule has 5 rings (SSSR count). The van der Waals surface area contributed by atoms with Gasteiger partial charge in [0.05, 0.1) is 12.2 Å². The third-order valence-electron chi connectivity index (χ3n) is 6.43. The number of fused-ring (bicyclic) bond motifs is 1. The van der Waals surface area contributed by atoms with Gasteiger partial charge in [-0.3, -0.25) is 14.5 Å². The van der Waals surface area contributed by atoms with E-state index in [1.54, 1.807) is 4.90 Å². The van der Waals surface area contributed by atoms with Crippen molar-refractivity contribution in [1.29, 1.82) is 0 Å². The number of ether oxygens (including phenoxy) is 1. The number of hydrogen-bond donors (Lipinski definition) is 2. The number of nitrogens with one attached hydrogen (secondary N) is 1. The zero-order valence-corrected chi connectivity index (χ0v) is 19.5. The molecule has 9 heteroatoms. The van der Waals surface area contributed by atoms with E-state index in [4.69, 9.17) is 4.74 Å². The molecule has 0 spiro atoms. The summed E-state index contributed by atoms with van der Waals surface area (Å²) in [6.07, 6.45) is 0.931. The van der Waals surface area contributed by atoms with E-state index in [9.17, 15) is 23.5 Å². The van der Waals surface area contributed by atoms with Crippen LogP contribution in [0.3, 0.4) is 0 Å². The molecule has 0 atom stereocenters. The average molecular weight is 494 g/mol. The largest absolute Gasteiger partial charge is 0.507 e. The summed E-state index contributed by atoms with van der Waals surface area (Å²) < 4.78 is 32.3. The minimum absolute atomic E-state index is 0.122. The van der Waals surface area contributed by atoms with Gasteiger partial charge in [0.2, 0.25) is 0 Å². The number of nitrogens with zero attached hydrogens (tertiary/aromatic N) is 2. The van der Waals surface area contributed by atoms with E-state index in [2.05, 4.69) is 22.3 Å². The Morgan fingerprint density at radius 2 is 1.69 bits per heavy atom. The van der Waals surface area contributed by atoms with E-state index < -0.39 is 17.5 Å². The van der Waals surface area contributed by atoms with E-state index in [0.29, 0.717) is 32.2 Å². The van der Waals surface area contributed by atoms with E-state index in [0.717, 1.165) is 37.5 Å². The number of piperazine rings is 1. The third-order valence-corrected chi connectivity index (χ3v) is 6.43. The third kappa shape index (κ3) is 5.16. The molecule has 36 heavy (non-hydrogen) atoms. The number of phenolic OH excluding ortho intramolecular Hbond substituents is 1. The summed E-state index contributed by atoms with van der Waals surface area (Å²) in [4.78, 5) is 29.3. The fourth-order valence-corrected chi connectivity index (χ4v) is 4.55. The molecule has 3 aromatic carbocycles. The maximum atomic E-state index is 13.4. The molecule has 1 fully saturated rings. The van der Waals surface area contributed by atoms with Crippen LogP contribution in [0.5, 0.6) is 11.5 Å². The quantitative estimate of drug-likeness (QED) is 0.565. The highest BCUT2D eigenvalue weighted by Gasteiger charge is 2.25. The van der Waals surface area contributed by atoms with Crippen LogP contribution < -0.4 is 10.1 Å². The zero-order valence-electron chi connectivity index (χ0n) is 19.5. The van der Waals surface area contributed by atoms with Crippen LogP contribution in [0, 0.1) is 11.6 Å². The van der Waals surface area contributed by atoms with Crippen molar-refractivity contribution in [2.24, 2.45) is 0 Å². The topological polar surface area (TPSA) is 82.1 Å². The number of hydrogen-bond acceptors (Lipinski definition) is 5. The lowest BCUT2D eigenvalue weighted by Gasteiger charge is -2.35. The van der Waals surface area contributed by atoms with Crippen LogP contribution in [0.4, 0.5) is 14.5 Å². The van der Waals surface area contributed by atoms with Crippen LogP contribution in [0.2, 0.25) is 0 Å². The number of anilines is 1. The van der Waals surface area contributed by atoms with Gasteiger partial charge in [0, 0.05) is 62.5 Å². The zero-order chi connectivity index (χ0) is 25.2. The first kappa shape index (κ1) is 23.7. The van der Waals surface area contributed by atoms with E-state index in [1.807, 2.05) is 6.07 Å². The highest BCUT2D eigenvalue weighted by atomic mass is 19.1. The fraction of sp³-hybridized carbons (Fsp3) is 0.259. The molecular formula is C27H25F2N3O4. The summed E-state index contributed by atoms with van der Waals surface area (Å²) in [6, 6.07) is 12.9. The highest BCUT2D eigenvalue weighted by molar-refractivity contribution is 6.05. The second-order valence-corrected chi connectivity index (χ2v) is 8.95. The first-order chi connectivity index (χ1) is 17.4. The Labute approximate surface area is 206 Å². The van der Waals surface area contributed by atoms with Crippen molar-refractivity contribution < 1.29 is 28.2 Å². The van der Waals surface area contributed by atoms with Crippen LogP contribution >= 0.6 is 0 Å². The highest BCUT2D eigenvalue weighted by Crippen LogP contribution is 2.27. The van der Waals surface area contributed by atoms with Gasteiger partial charge in [0.1, 0.15) is 23.1 Å². The summed E-state index contributed by atoms with van der Waals surface area (Å²) >= 11 is 0. The smallest absolute Gasteiger partial charge is 0.257 e. The van der Waals surface area contributed by atoms with Gasteiger partial charge in [0.25, 0.3) is 11.8 Å². The first-order valence-corrected chi connectivity index (χ1v) is 11.7. The van der Waals surface area contributed by atoms with Crippen LogP contribution in [0.25, 0.3) is 0 Å². The van der Waals surface area contributed by atoms with Crippen molar-refractivity contribution in [3.8, 4) is 11.5 Å². The van der Waals surface area contributed by atoms with Crippen molar-refractivity contribution in [3.05, 3.63) is 88.5 Å². The number of halogens is 2. The number of benzene rings is 3. The number of amides is 2. The minimum Gasteiger partial charge on any atom is -0.507 e. The minimum atomic E-state index is -0.870. The number of carbonyl (C=O) groups is 2. The normalized spacial score (nSPS) is 15.3. The molecule has 0 bridgehead atoms. The Balaban J connectivity index is 1.18. The van der Waals surface area contributed by atoms with Gasteiger partial charge in [-0.25, -0.2) is 8.78 Å². The van der Waals surface area contributed by atoms with Gasteiger partial charge in [-0.1, -0.05) is 12.1 Å². The van der Waals surface area contributed by atoms with Crippen LogP contribution in [0.15, 0.2) is 54.6 Å². The lowest BCUT2D eigenvalue weighted by molar-refractivity contribution is 0.0625. The predicted molar refractivity (Wildman–Crippen MR) is 129 cm³/mol. The molecule has 0 unspecified atom stereocenters. The Kier molecular flexibility index (Phi) is 6.56. The average Bonchev–Trinajstić information content (AvgIpc) is 3.32. The maximum Gasteiger partial charge on any atom is 0.257 e. The van der Waals surface area contributed by atoms with Crippen molar-refractivity contribution in [1.82, 2.24) is 9.80 Å². The molecule has 2 aliphatic rings. The van der Waals surface area contributed by atoms with E-state index in [-0.39, 0.29) is 28.5 Å². The van der Waals surface area contributed by atoms with Crippen molar-refractivity contribution in [2.45, 2.75) is 13.0 Å².